The molecule has 0 heterocycles. The van der Waals surface area contributed by atoms with Gasteiger partial charge in [-0.05, 0) is 65.3 Å². The van der Waals surface area contributed by atoms with Crippen LogP contribution in [0.2, 0.25) is 0 Å². The summed E-state index contributed by atoms with van der Waals surface area (Å²) in [6.45, 7) is 5.87. The van der Waals surface area contributed by atoms with Crippen molar-refractivity contribution >= 4 is 40.4 Å². The minimum Gasteiger partial charge on any atom is -0.508 e. The number of hydrogen-bond acceptors (Lipinski definition) is 12. The number of fused-ring (bicyclic) bond motifs is 3. The molecule has 0 aliphatic heterocycles. The summed E-state index contributed by atoms with van der Waals surface area (Å²) < 4.78 is 0. The number of benzene rings is 1. The number of hydrogen-bond donors (Lipinski definition) is 8. The molecule has 0 saturated heterocycles. The number of aliphatic hydroxyl groups excluding tert-OH is 2. The lowest BCUT2D eigenvalue weighted by molar-refractivity contribution is -0.153. The highest BCUT2D eigenvalue weighted by Gasteiger charge is 2.64. The van der Waals surface area contributed by atoms with Crippen molar-refractivity contribution in [1.82, 2.24) is 15.7 Å². The maximum Gasteiger partial charge on any atom is 0.255 e. The molecule has 43 heavy (non-hydrogen) atoms. The Morgan fingerprint density at radius 2 is 1.79 bits per heavy atom. The molecule has 1 aromatic rings. The normalized spacial score (nSPS) is 25.9. The number of nitrogens with one attached hydrogen (secondary N) is 2. The molecule has 14 heteroatoms. The van der Waals surface area contributed by atoms with Gasteiger partial charge in [-0.3, -0.25) is 30.0 Å². The number of phenols is 1. The average molecular weight is 601 g/mol. The third kappa shape index (κ3) is 5.13. The van der Waals surface area contributed by atoms with Gasteiger partial charge in [-0.1, -0.05) is 0 Å². The second-order valence-corrected chi connectivity index (χ2v) is 12.7. The monoisotopic (exact) mass is 600 g/mol. The molecular weight excluding hydrogens is 560 g/mol. The van der Waals surface area contributed by atoms with Gasteiger partial charge in [0.15, 0.2) is 17.1 Å². The van der Waals surface area contributed by atoms with Gasteiger partial charge >= 0.3 is 0 Å². The molecule has 0 spiro atoms. The molecule has 1 saturated carbocycles. The van der Waals surface area contributed by atoms with Crippen molar-refractivity contribution in [3.63, 3.8) is 0 Å². The van der Waals surface area contributed by atoms with Crippen molar-refractivity contribution in [1.29, 1.82) is 0 Å². The van der Waals surface area contributed by atoms with Gasteiger partial charge in [0.2, 0.25) is 5.78 Å². The van der Waals surface area contributed by atoms with Gasteiger partial charge in [0.25, 0.3) is 5.91 Å². The molecule has 3 aliphatic rings. The third-order valence-corrected chi connectivity index (χ3v) is 8.33. The number of primary amides is 1. The number of amidine groups is 1. The quantitative estimate of drug-likeness (QED) is 0.0964. The molecule has 3 aliphatic carbocycles. The number of rotatable bonds is 6. The first-order chi connectivity index (χ1) is 19.9. The second-order valence-electron chi connectivity index (χ2n) is 12.7. The fraction of sp³-hybridized carbons (Fsp3) is 0.517. The molecule has 4 rings (SSSR count). The van der Waals surface area contributed by atoms with E-state index in [1.807, 2.05) is 26.3 Å². The molecular formula is C29H40N6O8. The number of nitrogens with two attached hydrogens (primary N) is 1. The van der Waals surface area contributed by atoms with Crippen molar-refractivity contribution in [3.05, 3.63) is 34.1 Å². The maximum atomic E-state index is 14.1. The Morgan fingerprint density at radius 1 is 1.16 bits per heavy atom. The number of phenolic OH excluding ortho intramolecular Hbond substituents is 1. The number of ketones is 2. The number of hydroxylamine groups is 1. The maximum absolute atomic E-state index is 14.1. The van der Waals surface area contributed by atoms with Crippen LogP contribution in [-0.2, 0) is 20.8 Å². The largest absolute Gasteiger partial charge is 0.508 e. The first-order valence-corrected chi connectivity index (χ1v) is 13.8. The Kier molecular flexibility index (Phi) is 8.13. The molecule has 234 valence electrons. The lowest BCUT2D eigenvalue weighted by Crippen LogP contribution is -2.65. The number of aromatic hydroxyl groups is 1. The number of carbonyl (C=O) groups is 3. The first kappa shape index (κ1) is 31.9. The predicted octanol–water partition coefficient (Wildman–Crippen LogP) is 0.427. The van der Waals surface area contributed by atoms with Crippen LogP contribution in [0.25, 0.3) is 5.76 Å². The van der Waals surface area contributed by atoms with Gasteiger partial charge < -0.3 is 36.4 Å². The smallest absolute Gasteiger partial charge is 0.255 e. The van der Waals surface area contributed by atoms with Gasteiger partial charge in [-0.2, -0.15) is 0 Å². The lowest BCUT2D eigenvalue weighted by atomic mass is 9.57. The van der Waals surface area contributed by atoms with Crippen molar-refractivity contribution in [2.45, 2.75) is 50.8 Å². The fourth-order valence-corrected chi connectivity index (χ4v) is 6.36. The summed E-state index contributed by atoms with van der Waals surface area (Å²) in [7, 11) is 6.60. The number of aliphatic imine (C=N–C) groups is 1. The summed E-state index contributed by atoms with van der Waals surface area (Å²) in [5.41, 5.74) is 4.16. The van der Waals surface area contributed by atoms with Crippen LogP contribution in [0.15, 0.2) is 28.0 Å². The van der Waals surface area contributed by atoms with E-state index >= 15 is 0 Å². The Bertz CT molecular complexity index is 1490. The van der Waals surface area contributed by atoms with E-state index in [-0.39, 0.29) is 47.6 Å². The Labute approximate surface area is 249 Å². The Balaban J connectivity index is 1.95. The highest BCUT2D eigenvalue weighted by Crippen LogP contribution is 2.54. The summed E-state index contributed by atoms with van der Waals surface area (Å²) in [5, 5.41) is 58.7. The Morgan fingerprint density at radius 3 is 2.30 bits per heavy atom. The number of Topliss-reactive ketones (excluding diaryl/α,β-unsaturated/α-hetero) is 2. The fourth-order valence-electron chi connectivity index (χ4n) is 6.36. The molecule has 1 aromatic carbocycles. The van der Waals surface area contributed by atoms with Crippen molar-refractivity contribution in [3.8, 4) is 5.75 Å². The van der Waals surface area contributed by atoms with Crippen LogP contribution in [-0.4, -0.2) is 106 Å². The summed E-state index contributed by atoms with van der Waals surface area (Å²) >= 11 is 0. The number of nitrogens with zero attached hydrogens (tertiary/aromatic N) is 3. The molecule has 1 fully saturated rings. The first-order valence-electron chi connectivity index (χ1n) is 13.8. The summed E-state index contributed by atoms with van der Waals surface area (Å²) in [6, 6.07) is 0.421. The van der Waals surface area contributed by atoms with Crippen molar-refractivity contribution in [2.75, 3.05) is 39.6 Å². The van der Waals surface area contributed by atoms with Crippen LogP contribution in [0.1, 0.15) is 38.3 Å². The standard InChI is InChI=1S/C29H40N6O8/c1-28(2,3)31-11-17(33-43)32-15-10-16(34(4)5)13-8-12-9-14-21(35(6)7)24(38)20(27(30)41)26(40)29(14,42)25(39)18(12)23(37)19(13)22(15)36/h10,12,14,21,31,36-37,40,42-43H,8-9,11H2,1-7H3,(H2,30,41)(H,32,33)/t12?,14?,21-,29-/m0/s1. The number of aliphatic hydroxyl groups is 3. The van der Waals surface area contributed by atoms with Crippen LogP contribution in [0.5, 0.6) is 5.75 Å². The van der Waals surface area contributed by atoms with Crippen LogP contribution in [0.3, 0.4) is 0 Å². The highest BCUT2D eigenvalue weighted by molar-refractivity contribution is 6.24. The number of likely N-dealkylation sites (N-methyl/N-ethyl adjacent to an activating group) is 1. The zero-order chi connectivity index (χ0) is 32.3. The van der Waals surface area contributed by atoms with Crippen molar-refractivity contribution in [2.24, 2.45) is 22.6 Å². The SMILES string of the molecule is CN(C)c1cc(N=C(CNC(C)(C)C)NO)c(O)c2c1CC1CC3[C@H](N(C)C)C(=O)C(C(N)=O)=C(O)[C@@]3(O)C(=O)C1=C2O. The van der Waals surface area contributed by atoms with Gasteiger partial charge in [0, 0.05) is 36.8 Å². The number of anilines is 1. The summed E-state index contributed by atoms with van der Waals surface area (Å²) in [4.78, 5) is 47.1. The van der Waals surface area contributed by atoms with Gasteiger partial charge in [0.05, 0.1) is 18.2 Å². The second kappa shape index (κ2) is 10.9. The van der Waals surface area contributed by atoms with Crippen molar-refractivity contribution < 1.29 is 40.0 Å². The van der Waals surface area contributed by atoms with E-state index in [0.29, 0.717) is 11.3 Å². The topological polar surface area (TPSA) is 221 Å². The van der Waals surface area contributed by atoms with Crippen LogP contribution in [0, 0.1) is 11.8 Å². The van der Waals surface area contributed by atoms with E-state index in [1.165, 1.54) is 4.90 Å². The molecule has 0 bridgehead atoms. The third-order valence-electron chi connectivity index (χ3n) is 8.33. The van der Waals surface area contributed by atoms with Crippen LogP contribution >= 0.6 is 0 Å². The number of carbonyl (C=O) groups excluding carboxylic acids is 3. The van der Waals surface area contributed by atoms with E-state index in [1.54, 1.807) is 39.2 Å². The molecule has 9 N–H and O–H groups in total. The highest BCUT2D eigenvalue weighted by atomic mass is 16.5. The van der Waals surface area contributed by atoms with E-state index in [9.17, 15) is 40.0 Å². The zero-order valence-corrected chi connectivity index (χ0v) is 25.3. The van der Waals surface area contributed by atoms with Crippen LogP contribution in [0.4, 0.5) is 11.4 Å². The molecule has 4 atom stereocenters. The average Bonchev–Trinajstić information content (AvgIpc) is 2.88. The van der Waals surface area contributed by atoms with Gasteiger partial charge in [-0.25, -0.2) is 4.99 Å². The lowest BCUT2D eigenvalue weighted by Gasteiger charge is -2.50. The van der Waals surface area contributed by atoms with Gasteiger partial charge in [0.1, 0.15) is 28.6 Å². The number of amides is 1. The van der Waals surface area contributed by atoms with E-state index < -0.39 is 63.8 Å². The molecule has 1 amide bonds. The predicted molar refractivity (Wildman–Crippen MR) is 158 cm³/mol. The minimum atomic E-state index is -2.73. The zero-order valence-electron chi connectivity index (χ0n) is 25.3. The molecule has 2 unspecified atom stereocenters. The van der Waals surface area contributed by atoms with E-state index in [2.05, 4.69) is 10.3 Å². The molecule has 0 radical (unpaired) electrons. The Hall–Kier alpha value is -3.98. The molecule has 0 aromatic heterocycles. The minimum absolute atomic E-state index is 0.0175. The van der Waals surface area contributed by atoms with Gasteiger partial charge in [-0.15, -0.1) is 0 Å². The summed E-state index contributed by atoms with van der Waals surface area (Å²) in [6.07, 6.45) is 0.118. The summed E-state index contributed by atoms with van der Waals surface area (Å²) in [5.74, 6) is -7.26. The van der Waals surface area contributed by atoms with Crippen LogP contribution < -0.4 is 21.4 Å². The van der Waals surface area contributed by atoms with E-state index in [4.69, 9.17) is 5.73 Å². The van der Waals surface area contributed by atoms with E-state index in [0.717, 1.165) is 0 Å². The molecule has 14 nitrogen and oxygen atoms in total.